The van der Waals surface area contributed by atoms with E-state index in [1.165, 1.54) is 6.42 Å². The molecule has 2 saturated heterocycles. The van der Waals surface area contributed by atoms with E-state index in [0.717, 1.165) is 19.5 Å². The number of hydrogen-bond donors (Lipinski definition) is 1. The van der Waals surface area contributed by atoms with Crippen molar-refractivity contribution in [2.45, 2.75) is 31.8 Å². The second-order valence-electron chi connectivity index (χ2n) is 5.14. The van der Waals surface area contributed by atoms with Gasteiger partial charge in [0.05, 0.1) is 11.5 Å². The van der Waals surface area contributed by atoms with Crippen LogP contribution in [0.15, 0.2) is 0 Å². The van der Waals surface area contributed by atoms with Gasteiger partial charge in [-0.2, -0.15) is 0 Å². The van der Waals surface area contributed by atoms with Crippen LogP contribution in [0.3, 0.4) is 0 Å². The minimum Gasteiger partial charge on any atom is -0.319 e. The highest BCUT2D eigenvalue weighted by Crippen LogP contribution is 2.29. The van der Waals surface area contributed by atoms with Gasteiger partial charge in [-0.05, 0) is 45.8 Å². The van der Waals surface area contributed by atoms with Crippen molar-refractivity contribution in [2.75, 3.05) is 31.6 Å². The van der Waals surface area contributed by atoms with Crippen LogP contribution in [-0.4, -0.2) is 57.0 Å². The van der Waals surface area contributed by atoms with Crippen molar-refractivity contribution in [1.29, 1.82) is 0 Å². The molecule has 3 unspecified atom stereocenters. The molecule has 0 spiro atoms. The fourth-order valence-corrected chi connectivity index (χ4v) is 4.86. The maximum atomic E-state index is 11.5. The van der Waals surface area contributed by atoms with Crippen molar-refractivity contribution in [3.63, 3.8) is 0 Å². The molecule has 0 radical (unpaired) electrons. The summed E-state index contributed by atoms with van der Waals surface area (Å²) in [6.07, 6.45) is 2.03. The summed E-state index contributed by atoms with van der Waals surface area (Å²) in [6, 6.07) is 0.799. The third-order valence-corrected chi connectivity index (χ3v) is 5.86. The number of sulfone groups is 1. The Morgan fingerprint density at radius 1 is 1.38 bits per heavy atom. The third-order valence-electron chi connectivity index (χ3n) is 4.11. The van der Waals surface area contributed by atoms with E-state index in [2.05, 4.69) is 17.1 Å². The predicted octanol–water partition coefficient (Wildman–Crippen LogP) is 0.103. The number of nitrogens with zero attached hydrogens (tertiary/aromatic N) is 1. The van der Waals surface area contributed by atoms with Gasteiger partial charge < -0.3 is 5.32 Å². The Hall–Kier alpha value is -0.130. The smallest absolute Gasteiger partial charge is 0.151 e. The van der Waals surface area contributed by atoms with E-state index in [1.54, 1.807) is 0 Å². The maximum absolute atomic E-state index is 11.5. The molecule has 0 aromatic heterocycles. The van der Waals surface area contributed by atoms with Crippen LogP contribution in [0.2, 0.25) is 0 Å². The molecule has 0 aromatic carbocycles. The summed E-state index contributed by atoms with van der Waals surface area (Å²) < 4.78 is 22.9. The van der Waals surface area contributed by atoms with Crippen LogP contribution in [0.5, 0.6) is 0 Å². The fraction of sp³-hybridized carbons (Fsp3) is 1.00. The Labute approximate surface area is 98.3 Å². The zero-order valence-electron chi connectivity index (χ0n) is 10.1. The van der Waals surface area contributed by atoms with Crippen molar-refractivity contribution < 1.29 is 8.42 Å². The van der Waals surface area contributed by atoms with Crippen molar-refractivity contribution in [3.8, 4) is 0 Å². The summed E-state index contributed by atoms with van der Waals surface area (Å²) >= 11 is 0. The van der Waals surface area contributed by atoms with Gasteiger partial charge >= 0.3 is 0 Å². The Balaban J connectivity index is 1.97. The SMILES string of the molecule is CNCC1CCN(C2CCS(=O)(=O)C2)C1C. The van der Waals surface area contributed by atoms with Crippen LogP contribution >= 0.6 is 0 Å². The van der Waals surface area contributed by atoms with Crippen LogP contribution in [0.1, 0.15) is 19.8 Å². The maximum Gasteiger partial charge on any atom is 0.151 e. The zero-order chi connectivity index (χ0) is 11.8. The van der Waals surface area contributed by atoms with Gasteiger partial charge in [-0.15, -0.1) is 0 Å². The molecule has 94 valence electrons. The largest absolute Gasteiger partial charge is 0.319 e. The summed E-state index contributed by atoms with van der Waals surface area (Å²) in [5.74, 6) is 1.44. The molecule has 2 aliphatic heterocycles. The number of rotatable bonds is 3. The Morgan fingerprint density at radius 3 is 2.69 bits per heavy atom. The molecule has 0 saturated carbocycles. The molecular formula is C11H22N2O2S. The summed E-state index contributed by atoms with van der Waals surface area (Å²) in [5.41, 5.74) is 0. The molecule has 2 aliphatic rings. The highest BCUT2D eigenvalue weighted by atomic mass is 32.2. The summed E-state index contributed by atoms with van der Waals surface area (Å²) in [5, 5.41) is 3.22. The van der Waals surface area contributed by atoms with Gasteiger partial charge in [0, 0.05) is 12.1 Å². The fourth-order valence-electron chi connectivity index (χ4n) is 3.12. The van der Waals surface area contributed by atoms with E-state index in [9.17, 15) is 8.42 Å². The van der Waals surface area contributed by atoms with Gasteiger partial charge in [-0.1, -0.05) is 0 Å². The van der Waals surface area contributed by atoms with E-state index >= 15 is 0 Å². The molecular weight excluding hydrogens is 224 g/mol. The van der Waals surface area contributed by atoms with Crippen molar-refractivity contribution in [2.24, 2.45) is 5.92 Å². The highest BCUT2D eigenvalue weighted by molar-refractivity contribution is 7.91. The van der Waals surface area contributed by atoms with Gasteiger partial charge in [0.25, 0.3) is 0 Å². The van der Waals surface area contributed by atoms with Crippen molar-refractivity contribution in [1.82, 2.24) is 10.2 Å². The lowest BCUT2D eigenvalue weighted by Gasteiger charge is -2.29. The van der Waals surface area contributed by atoms with Crippen LogP contribution in [-0.2, 0) is 9.84 Å². The van der Waals surface area contributed by atoms with Crippen LogP contribution < -0.4 is 5.32 Å². The number of hydrogen-bond acceptors (Lipinski definition) is 4. The molecule has 2 rings (SSSR count). The second-order valence-corrected chi connectivity index (χ2v) is 7.37. The quantitative estimate of drug-likeness (QED) is 0.767. The first-order chi connectivity index (χ1) is 7.53. The van der Waals surface area contributed by atoms with Crippen LogP contribution in [0.25, 0.3) is 0 Å². The molecule has 4 nitrogen and oxygen atoms in total. The minimum atomic E-state index is -2.74. The van der Waals surface area contributed by atoms with Crippen molar-refractivity contribution >= 4 is 9.84 Å². The monoisotopic (exact) mass is 246 g/mol. The first kappa shape index (κ1) is 12.3. The van der Waals surface area contributed by atoms with Gasteiger partial charge in [-0.25, -0.2) is 8.42 Å². The lowest BCUT2D eigenvalue weighted by atomic mass is 10.0. The van der Waals surface area contributed by atoms with E-state index < -0.39 is 9.84 Å². The zero-order valence-corrected chi connectivity index (χ0v) is 11.0. The molecule has 0 aliphatic carbocycles. The standard InChI is InChI=1S/C11H22N2O2S/c1-9-10(7-12-2)3-5-13(9)11-4-6-16(14,15)8-11/h9-12H,3-8H2,1-2H3. The van der Waals surface area contributed by atoms with Crippen LogP contribution in [0.4, 0.5) is 0 Å². The average molecular weight is 246 g/mol. The third kappa shape index (κ3) is 2.41. The Bertz CT molecular complexity index is 342. The molecule has 16 heavy (non-hydrogen) atoms. The first-order valence-corrected chi connectivity index (χ1v) is 7.96. The van der Waals surface area contributed by atoms with Crippen molar-refractivity contribution in [3.05, 3.63) is 0 Å². The molecule has 0 amide bonds. The number of likely N-dealkylation sites (tertiary alicyclic amines) is 1. The van der Waals surface area contributed by atoms with E-state index in [0.29, 0.717) is 23.5 Å². The predicted molar refractivity (Wildman–Crippen MR) is 65.3 cm³/mol. The minimum absolute atomic E-state index is 0.279. The van der Waals surface area contributed by atoms with Gasteiger partial charge in [0.1, 0.15) is 0 Å². The molecule has 1 N–H and O–H groups in total. The highest BCUT2D eigenvalue weighted by Gasteiger charge is 2.39. The normalized spacial score (nSPS) is 39.2. The molecule has 0 bridgehead atoms. The Kier molecular flexibility index (Phi) is 3.56. The van der Waals surface area contributed by atoms with Gasteiger partial charge in [0.15, 0.2) is 9.84 Å². The van der Waals surface area contributed by atoms with Crippen LogP contribution in [0, 0.1) is 5.92 Å². The van der Waals surface area contributed by atoms with Gasteiger partial charge in [-0.3, -0.25) is 4.90 Å². The van der Waals surface area contributed by atoms with Gasteiger partial charge in [0.2, 0.25) is 0 Å². The summed E-state index contributed by atoms with van der Waals surface area (Å²) in [4.78, 5) is 2.41. The van der Waals surface area contributed by atoms with E-state index in [4.69, 9.17) is 0 Å². The Morgan fingerprint density at radius 2 is 2.12 bits per heavy atom. The molecule has 3 atom stereocenters. The summed E-state index contributed by atoms with van der Waals surface area (Å²) in [6.45, 7) is 4.34. The summed E-state index contributed by atoms with van der Waals surface area (Å²) in [7, 11) is -0.762. The van der Waals surface area contributed by atoms with E-state index in [1.807, 2.05) is 7.05 Å². The average Bonchev–Trinajstić information content (AvgIpc) is 2.72. The molecule has 5 heteroatoms. The lowest BCUT2D eigenvalue weighted by Crippen LogP contribution is -2.41. The molecule has 2 heterocycles. The first-order valence-electron chi connectivity index (χ1n) is 6.14. The lowest BCUT2D eigenvalue weighted by molar-refractivity contribution is 0.187. The molecule has 0 aromatic rings. The molecule has 2 fully saturated rings. The van der Waals surface area contributed by atoms with E-state index in [-0.39, 0.29) is 6.04 Å². The second kappa shape index (κ2) is 4.63. The number of nitrogens with one attached hydrogen (secondary N) is 1. The topological polar surface area (TPSA) is 49.4 Å².